The first-order chi connectivity index (χ1) is 8.29. The molecule has 0 bridgehead atoms. The second-order valence-electron chi connectivity index (χ2n) is 4.27. The number of amides is 1. The Bertz CT molecular complexity index is 378. The van der Waals surface area contributed by atoms with Crippen LogP contribution >= 0.6 is 23.7 Å². The average molecular weight is 291 g/mol. The van der Waals surface area contributed by atoms with Gasteiger partial charge >= 0.3 is 0 Å². The highest BCUT2D eigenvalue weighted by atomic mass is 35.5. The molecule has 0 saturated carbocycles. The average Bonchev–Trinajstić information content (AvgIpc) is 2.86. The van der Waals surface area contributed by atoms with E-state index < -0.39 is 0 Å². The Labute approximate surface area is 118 Å². The Morgan fingerprint density at radius 1 is 1.67 bits per heavy atom. The fraction of sp³-hybridized carbons (Fsp3) is 0.583. The van der Waals surface area contributed by atoms with Crippen molar-refractivity contribution in [2.45, 2.75) is 12.8 Å². The molecule has 0 radical (unpaired) electrons. The van der Waals surface area contributed by atoms with Gasteiger partial charge in [0.25, 0.3) is 5.91 Å². The van der Waals surface area contributed by atoms with Gasteiger partial charge in [0.15, 0.2) is 0 Å². The van der Waals surface area contributed by atoms with Gasteiger partial charge in [0.1, 0.15) is 5.75 Å². The quantitative estimate of drug-likeness (QED) is 0.891. The zero-order chi connectivity index (χ0) is 12.1. The van der Waals surface area contributed by atoms with E-state index in [-0.39, 0.29) is 18.3 Å². The molecule has 1 aromatic rings. The maximum absolute atomic E-state index is 11.8. The fourth-order valence-electron chi connectivity index (χ4n) is 1.97. The molecular formula is C12H19ClN2O2S. The number of hydrogen-bond acceptors (Lipinski definition) is 4. The molecule has 1 fully saturated rings. The van der Waals surface area contributed by atoms with Gasteiger partial charge in [-0.2, -0.15) is 0 Å². The Morgan fingerprint density at radius 3 is 3.11 bits per heavy atom. The molecule has 4 nitrogen and oxygen atoms in total. The minimum absolute atomic E-state index is 0. The lowest BCUT2D eigenvalue weighted by Crippen LogP contribution is -2.37. The van der Waals surface area contributed by atoms with Crippen molar-refractivity contribution in [3.63, 3.8) is 0 Å². The molecule has 6 heteroatoms. The highest BCUT2D eigenvalue weighted by Gasteiger charge is 2.15. The van der Waals surface area contributed by atoms with Crippen molar-refractivity contribution in [3.05, 3.63) is 16.3 Å². The molecule has 1 unspecified atom stereocenters. The summed E-state index contributed by atoms with van der Waals surface area (Å²) in [5, 5.41) is 8.17. The fourth-order valence-corrected chi connectivity index (χ4v) is 2.74. The number of thiophene rings is 1. The summed E-state index contributed by atoms with van der Waals surface area (Å²) in [6.07, 6.45) is 2.40. The molecule has 0 aliphatic carbocycles. The predicted molar refractivity (Wildman–Crippen MR) is 76.0 cm³/mol. The molecule has 1 amide bonds. The zero-order valence-corrected chi connectivity index (χ0v) is 12.0. The number of carbonyl (C=O) groups excluding carboxylic acids is 1. The van der Waals surface area contributed by atoms with Crippen molar-refractivity contribution >= 4 is 29.7 Å². The maximum atomic E-state index is 11.8. The molecule has 1 aliphatic rings. The van der Waals surface area contributed by atoms with E-state index in [2.05, 4.69) is 10.6 Å². The van der Waals surface area contributed by atoms with Gasteiger partial charge in [-0.1, -0.05) is 0 Å². The van der Waals surface area contributed by atoms with Crippen LogP contribution in [0.3, 0.4) is 0 Å². The summed E-state index contributed by atoms with van der Waals surface area (Å²) in [6.45, 7) is 2.87. The first-order valence-electron chi connectivity index (χ1n) is 5.91. The van der Waals surface area contributed by atoms with E-state index >= 15 is 0 Å². The van der Waals surface area contributed by atoms with E-state index in [1.807, 2.05) is 5.38 Å². The Morgan fingerprint density at radius 2 is 2.50 bits per heavy atom. The molecule has 2 heterocycles. The van der Waals surface area contributed by atoms with Crippen molar-refractivity contribution in [1.29, 1.82) is 0 Å². The second-order valence-corrected chi connectivity index (χ2v) is 5.18. The first kappa shape index (κ1) is 15.3. The summed E-state index contributed by atoms with van der Waals surface area (Å²) in [4.78, 5) is 12.6. The van der Waals surface area contributed by atoms with E-state index in [1.165, 1.54) is 24.2 Å². The predicted octanol–water partition coefficient (Wildman–Crippen LogP) is 1.91. The molecule has 0 spiro atoms. The van der Waals surface area contributed by atoms with E-state index in [4.69, 9.17) is 4.74 Å². The lowest BCUT2D eigenvalue weighted by atomic mass is 10.00. The van der Waals surface area contributed by atoms with Crippen molar-refractivity contribution in [2.24, 2.45) is 5.92 Å². The number of piperidine rings is 1. The van der Waals surface area contributed by atoms with Crippen LogP contribution in [-0.4, -0.2) is 32.7 Å². The van der Waals surface area contributed by atoms with Gasteiger partial charge in [-0.25, -0.2) is 0 Å². The van der Waals surface area contributed by atoms with Crippen molar-refractivity contribution in [2.75, 3.05) is 26.7 Å². The molecular weight excluding hydrogens is 272 g/mol. The normalized spacial score (nSPS) is 18.8. The van der Waals surface area contributed by atoms with E-state index in [9.17, 15) is 4.79 Å². The van der Waals surface area contributed by atoms with Gasteiger partial charge in [-0.3, -0.25) is 4.79 Å². The summed E-state index contributed by atoms with van der Waals surface area (Å²) >= 11 is 1.42. The molecule has 1 atom stereocenters. The highest BCUT2D eigenvalue weighted by molar-refractivity contribution is 7.12. The molecule has 1 aliphatic heterocycles. The smallest absolute Gasteiger partial charge is 0.261 e. The second kappa shape index (κ2) is 7.61. The number of methoxy groups -OCH3 is 1. The third-order valence-corrected chi connectivity index (χ3v) is 3.89. The molecule has 0 aromatic carbocycles. The van der Waals surface area contributed by atoms with Crippen LogP contribution in [0, 0.1) is 5.92 Å². The number of halogens is 1. The molecule has 102 valence electrons. The van der Waals surface area contributed by atoms with Crippen LogP contribution in [0.2, 0.25) is 0 Å². The summed E-state index contributed by atoms with van der Waals surface area (Å²) in [5.74, 6) is 1.32. The molecule has 18 heavy (non-hydrogen) atoms. The van der Waals surface area contributed by atoms with Crippen molar-refractivity contribution in [3.8, 4) is 5.75 Å². The standard InChI is InChI=1S/C12H18N2O2S.ClH/c1-16-10-5-11(17-8-10)12(15)14-7-9-3-2-4-13-6-9;/h5,8-9,13H,2-4,6-7H2,1H3,(H,14,15);1H. The summed E-state index contributed by atoms with van der Waals surface area (Å²) in [7, 11) is 1.61. The molecule has 1 saturated heterocycles. The first-order valence-corrected chi connectivity index (χ1v) is 6.79. The Hall–Kier alpha value is -0.780. The maximum Gasteiger partial charge on any atom is 0.261 e. The monoisotopic (exact) mass is 290 g/mol. The van der Waals surface area contributed by atoms with Gasteiger partial charge in [-0.15, -0.1) is 23.7 Å². The number of nitrogens with one attached hydrogen (secondary N) is 2. The van der Waals surface area contributed by atoms with Crippen LogP contribution in [0.1, 0.15) is 22.5 Å². The van der Waals surface area contributed by atoms with Gasteiger partial charge < -0.3 is 15.4 Å². The highest BCUT2D eigenvalue weighted by Crippen LogP contribution is 2.21. The van der Waals surface area contributed by atoms with Crippen LogP contribution in [0.5, 0.6) is 5.75 Å². The Kier molecular flexibility index (Phi) is 6.46. The van der Waals surface area contributed by atoms with Crippen LogP contribution in [-0.2, 0) is 0 Å². The van der Waals surface area contributed by atoms with Crippen LogP contribution in [0.4, 0.5) is 0 Å². The minimum Gasteiger partial charge on any atom is -0.496 e. The van der Waals surface area contributed by atoms with E-state index in [0.717, 1.165) is 25.4 Å². The van der Waals surface area contributed by atoms with Gasteiger partial charge in [0.05, 0.1) is 12.0 Å². The van der Waals surface area contributed by atoms with Crippen LogP contribution in [0.15, 0.2) is 11.4 Å². The zero-order valence-electron chi connectivity index (χ0n) is 10.4. The van der Waals surface area contributed by atoms with Gasteiger partial charge in [-0.05, 0) is 31.8 Å². The minimum atomic E-state index is 0. The third-order valence-electron chi connectivity index (χ3n) is 2.99. The third kappa shape index (κ3) is 4.15. The van der Waals surface area contributed by atoms with E-state index in [0.29, 0.717) is 10.8 Å². The lowest BCUT2D eigenvalue weighted by molar-refractivity contribution is 0.0948. The van der Waals surface area contributed by atoms with Crippen molar-refractivity contribution < 1.29 is 9.53 Å². The summed E-state index contributed by atoms with van der Waals surface area (Å²) in [6, 6.07) is 1.78. The topological polar surface area (TPSA) is 50.4 Å². The number of ether oxygens (including phenoxy) is 1. The summed E-state index contributed by atoms with van der Waals surface area (Å²) < 4.78 is 5.06. The van der Waals surface area contributed by atoms with Crippen LogP contribution < -0.4 is 15.4 Å². The lowest BCUT2D eigenvalue weighted by Gasteiger charge is -2.22. The van der Waals surface area contributed by atoms with Gasteiger partial charge in [0, 0.05) is 18.0 Å². The van der Waals surface area contributed by atoms with E-state index in [1.54, 1.807) is 13.2 Å². The van der Waals surface area contributed by atoms with Gasteiger partial charge in [0.2, 0.25) is 0 Å². The summed E-state index contributed by atoms with van der Waals surface area (Å²) in [5.41, 5.74) is 0. The SMILES string of the molecule is COc1csc(C(=O)NCC2CCCNC2)c1.Cl. The van der Waals surface area contributed by atoms with Crippen molar-refractivity contribution in [1.82, 2.24) is 10.6 Å². The van der Waals surface area contributed by atoms with Crippen LogP contribution in [0.25, 0.3) is 0 Å². The molecule has 2 N–H and O–H groups in total. The number of hydrogen-bond donors (Lipinski definition) is 2. The number of rotatable bonds is 4. The Balaban J connectivity index is 0.00000162. The molecule has 1 aromatic heterocycles. The molecule has 2 rings (SSSR count). The number of carbonyl (C=O) groups is 1. The largest absolute Gasteiger partial charge is 0.496 e.